The minimum atomic E-state index is -3.86. The van der Waals surface area contributed by atoms with E-state index in [9.17, 15) is 22.4 Å². The van der Waals surface area contributed by atoms with Gasteiger partial charge in [-0.3, -0.25) is 14.5 Å². The zero-order valence-corrected chi connectivity index (χ0v) is 21.6. The third-order valence-corrected chi connectivity index (χ3v) is 8.51. The number of hydrogen-bond donors (Lipinski definition) is 2. The molecular formula is C25H30ClFN4O4S. The van der Waals surface area contributed by atoms with Gasteiger partial charge in [-0.15, -0.1) is 0 Å². The first kappa shape index (κ1) is 26.5. The second kappa shape index (κ2) is 11.2. The van der Waals surface area contributed by atoms with Crippen molar-refractivity contribution >= 4 is 39.3 Å². The summed E-state index contributed by atoms with van der Waals surface area (Å²) < 4.78 is 42.8. The second-order valence-corrected chi connectivity index (χ2v) is 11.4. The summed E-state index contributed by atoms with van der Waals surface area (Å²) in [5, 5.41) is 3.30. The Hall–Kier alpha value is -2.53. The van der Waals surface area contributed by atoms with Crippen molar-refractivity contribution in [3.05, 3.63) is 64.9 Å². The van der Waals surface area contributed by atoms with E-state index in [1.54, 1.807) is 31.2 Å². The van der Waals surface area contributed by atoms with E-state index in [4.69, 9.17) is 11.6 Å². The van der Waals surface area contributed by atoms with Gasteiger partial charge in [-0.25, -0.2) is 4.39 Å². The zero-order chi connectivity index (χ0) is 25.9. The number of nitrogens with one attached hydrogen (secondary N) is 2. The molecule has 1 heterocycles. The molecule has 3 atom stereocenters. The van der Waals surface area contributed by atoms with E-state index >= 15 is 0 Å². The molecular weight excluding hydrogens is 507 g/mol. The van der Waals surface area contributed by atoms with Crippen LogP contribution in [0.15, 0.2) is 48.5 Å². The van der Waals surface area contributed by atoms with Crippen molar-refractivity contribution in [1.82, 2.24) is 14.3 Å². The van der Waals surface area contributed by atoms with Crippen molar-refractivity contribution in [1.29, 1.82) is 0 Å². The van der Waals surface area contributed by atoms with Gasteiger partial charge in [0.1, 0.15) is 11.9 Å². The number of amides is 2. The number of anilines is 1. The highest BCUT2D eigenvalue weighted by atomic mass is 35.5. The minimum Gasteiger partial charge on any atom is -0.351 e. The number of carbonyl (C=O) groups is 2. The molecule has 36 heavy (non-hydrogen) atoms. The van der Waals surface area contributed by atoms with Gasteiger partial charge >= 0.3 is 0 Å². The topological polar surface area (TPSA) is 98.6 Å². The van der Waals surface area contributed by atoms with Crippen molar-refractivity contribution in [2.75, 3.05) is 18.0 Å². The van der Waals surface area contributed by atoms with Crippen LogP contribution in [0.3, 0.4) is 0 Å². The molecule has 1 aliphatic heterocycles. The third-order valence-electron chi connectivity index (χ3n) is 6.53. The lowest BCUT2D eigenvalue weighted by Gasteiger charge is -2.34. The summed E-state index contributed by atoms with van der Waals surface area (Å²) in [6.45, 7) is 1.51. The Morgan fingerprint density at radius 1 is 1.14 bits per heavy atom. The smallest absolute Gasteiger partial charge is 0.280 e. The van der Waals surface area contributed by atoms with Crippen molar-refractivity contribution in [3.63, 3.8) is 0 Å². The molecule has 2 aliphatic rings. The summed E-state index contributed by atoms with van der Waals surface area (Å²) in [4.78, 5) is 28.4. The molecule has 0 spiro atoms. The maximum atomic E-state index is 14.3. The van der Waals surface area contributed by atoms with E-state index in [0.717, 1.165) is 43.1 Å². The van der Waals surface area contributed by atoms with Crippen LogP contribution in [0, 0.1) is 5.82 Å². The zero-order valence-electron chi connectivity index (χ0n) is 20.0. The number of rotatable bonds is 9. The van der Waals surface area contributed by atoms with Crippen LogP contribution < -0.4 is 14.9 Å². The predicted molar refractivity (Wildman–Crippen MR) is 136 cm³/mol. The maximum Gasteiger partial charge on any atom is 0.280 e. The van der Waals surface area contributed by atoms with E-state index in [0.29, 0.717) is 12.1 Å². The molecule has 4 rings (SSSR count). The molecule has 2 N–H and O–H groups in total. The van der Waals surface area contributed by atoms with Gasteiger partial charge in [-0.2, -0.15) is 17.4 Å². The highest BCUT2D eigenvalue weighted by Gasteiger charge is 2.41. The molecule has 1 aliphatic carbocycles. The van der Waals surface area contributed by atoms with Gasteiger partial charge in [0.25, 0.3) is 10.2 Å². The van der Waals surface area contributed by atoms with Gasteiger partial charge in [0.15, 0.2) is 0 Å². The minimum absolute atomic E-state index is 0.0524. The summed E-state index contributed by atoms with van der Waals surface area (Å²) in [6, 6.07) is 10.5. The lowest BCUT2D eigenvalue weighted by atomic mass is 9.94. The van der Waals surface area contributed by atoms with E-state index in [2.05, 4.69) is 10.0 Å². The van der Waals surface area contributed by atoms with Crippen molar-refractivity contribution < 1.29 is 22.4 Å². The molecule has 2 fully saturated rings. The van der Waals surface area contributed by atoms with E-state index in [1.807, 2.05) is 0 Å². The highest BCUT2D eigenvalue weighted by molar-refractivity contribution is 7.87. The average Bonchev–Trinajstić information content (AvgIpc) is 3.60. The molecule has 1 saturated carbocycles. The van der Waals surface area contributed by atoms with Crippen LogP contribution in [0.2, 0.25) is 5.02 Å². The monoisotopic (exact) mass is 536 g/mol. The Bertz CT molecular complexity index is 1220. The Morgan fingerprint density at radius 2 is 1.83 bits per heavy atom. The molecule has 1 saturated heterocycles. The molecule has 8 nitrogen and oxygen atoms in total. The molecule has 0 bridgehead atoms. The van der Waals surface area contributed by atoms with Gasteiger partial charge in [0.2, 0.25) is 11.8 Å². The molecule has 2 aromatic rings. The average molecular weight is 537 g/mol. The first-order valence-electron chi connectivity index (χ1n) is 12.1. The van der Waals surface area contributed by atoms with Crippen LogP contribution in [0.5, 0.6) is 0 Å². The third kappa shape index (κ3) is 6.23. The van der Waals surface area contributed by atoms with Gasteiger partial charge in [0.05, 0.1) is 6.54 Å². The fourth-order valence-electron chi connectivity index (χ4n) is 4.55. The van der Waals surface area contributed by atoms with Gasteiger partial charge in [-0.1, -0.05) is 55.1 Å². The molecule has 11 heteroatoms. The first-order valence-corrected chi connectivity index (χ1v) is 13.9. The highest BCUT2D eigenvalue weighted by Crippen LogP contribution is 2.33. The molecule has 1 unspecified atom stereocenters. The van der Waals surface area contributed by atoms with Crippen LogP contribution >= 0.6 is 11.6 Å². The van der Waals surface area contributed by atoms with Crippen molar-refractivity contribution in [3.8, 4) is 0 Å². The lowest BCUT2D eigenvalue weighted by molar-refractivity contribution is -0.127. The van der Waals surface area contributed by atoms with E-state index < -0.39 is 40.4 Å². The molecule has 0 radical (unpaired) electrons. The number of hydrogen-bond acceptors (Lipinski definition) is 4. The Kier molecular flexibility index (Phi) is 8.29. The van der Waals surface area contributed by atoms with Gasteiger partial charge in [-0.05, 0) is 44.0 Å². The number of carbonyl (C=O) groups excluding carboxylic acids is 2. The van der Waals surface area contributed by atoms with Crippen molar-refractivity contribution in [2.24, 2.45) is 0 Å². The van der Waals surface area contributed by atoms with E-state index in [1.165, 1.54) is 22.5 Å². The summed E-state index contributed by atoms with van der Waals surface area (Å²) in [6.07, 6.45) is 4.73. The maximum absolute atomic E-state index is 14.3. The molecule has 194 valence electrons. The quantitative estimate of drug-likeness (QED) is 0.479. The van der Waals surface area contributed by atoms with Crippen LogP contribution in [-0.2, 0) is 19.8 Å². The summed E-state index contributed by atoms with van der Waals surface area (Å²) in [7, 11) is -3.86. The summed E-state index contributed by atoms with van der Waals surface area (Å²) in [5.74, 6) is -1.79. The van der Waals surface area contributed by atoms with Gasteiger partial charge < -0.3 is 5.32 Å². The van der Waals surface area contributed by atoms with Crippen LogP contribution in [0.1, 0.15) is 50.6 Å². The number of benzene rings is 2. The lowest BCUT2D eigenvalue weighted by Crippen LogP contribution is -2.50. The normalized spacial score (nSPS) is 21.0. The molecule has 0 aromatic heterocycles. The fourth-order valence-corrected chi connectivity index (χ4v) is 6.15. The Balaban J connectivity index is 1.70. The number of halogens is 2. The second-order valence-electron chi connectivity index (χ2n) is 9.26. The summed E-state index contributed by atoms with van der Waals surface area (Å²) >= 11 is 6.48. The van der Waals surface area contributed by atoms with Crippen LogP contribution in [0.25, 0.3) is 0 Å². The Labute approximate surface area is 216 Å². The first-order chi connectivity index (χ1) is 17.2. The Morgan fingerprint density at radius 3 is 2.47 bits per heavy atom. The predicted octanol–water partition coefficient (Wildman–Crippen LogP) is 3.54. The molecule has 2 aromatic carbocycles. The van der Waals surface area contributed by atoms with Crippen molar-refractivity contribution in [2.45, 2.75) is 57.2 Å². The standard InChI is InChI=1S/C25H30ClFN4O4S/c1-17-16-30(17)36(34,35)28-15-23(32)31(20-11-7-8-18(27)14-20)24(21-12-5-6-13-22(21)26)25(33)29-19-9-3-2-4-10-19/h5-8,11-14,17,19,24,28H,2-4,9-10,15-16H2,1H3,(H,29,33)/t17-,24+,30?/m0/s1. The van der Waals surface area contributed by atoms with Crippen LogP contribution in [0.4, 0.5) is 10.1 Å². The van der Waals surface area contributed by atoms with E-state index in [-0.39, 0.29) is 22.8 Å². The van der Waals surface area contributed by atoms with Crippen LogP contribution in [-0.4, -0.2) is 49.7 Å². The molecule has 2 amide bonds. The van der Waals surface area contributed by atoms with Gasteiger partial charge in [0, 0.05) is 34.9 Å². The number of nitrogens with zero attached hydrogens (tertiary/aromatic N) is 2. The SMILES string of the molecule is C[C@H]1CN1S(=O)(=O)NCC(=O)N(c1cccc(F)c1)[C@@H](C(=O)NC1CCCCC1)c1ccccc1Cl. The largest absolute Gasteiger partial charge is 0.351 e. The fraction of sp³-hybridized carbons (Fsp3) is 0.440. The summed E-state index contributed by atoms with van der Waals surface area (Å²) in [5.41, 5.74) is 0.468.